The monoisotopic (exact) mass is 242 g/mol. The zero-order valence-electron chi connectivity index (χ0n) is 11.2. The van der Waals surface area contributed by atoms with Crippen molar-refractivity contribution in [1.82, 2.24) is 4.98 Å². The molecule has 0 fully saturated rings. The Bertz CT molecular complexity index is 385. The highest BCUT2D eigenvalue weighted by Crippen LogP contribution is 2.08. The Balaban J connectivity index is 2.14. The van der Waals surface area contributed by atoms with Crippen molar-refractivity contribution in [2.24, 2.45) is 0 Å². The van der Waals surface area contributed by atoms with Crippen molar-refractivity contribution in [3.63, 3.8) is 0 Å². The number of pyridine rings is 1. The lowest BCUT2D eigenvalue weighted by molar-refractivity contribution is 0.611. The van der Waals surface area contributed by atoms with Crippen LogP contribution in [-0.4, -0.2) is 4.98 Å². The lowest BCUT2D eigenvalue weighted by Crippen LogP contribution is -1.82. The molecule has 0 bridgehead atoms. The van der Waals surface area contributed by atoms with Crippen LogP contribution in [0, 0.1) is 11.3 Å². The van der Waals surface area contributed by atoms with Crippen molar-refractivity contribution < 1.29 is 0 Å². The number of nitrogens with zero attached hydrogens (tertiary/aromatic N) is 2. The molecule has 1 heterocycles. The summed E-state index contributed by atoms with van der Waals surface area (Å²) >= 11 is 0. The molecule has 0 spiro atoms. The van der Waals surface area contributed by atoms with Gasteiger partial charge in [0.05, 0.1) is 0 Å². The zero-order valence-corrected chi connectivity index (χ0v) is 11.2. The van der Waals surface area contributed by atoms with E-state index in [1.807, 2.05) is 12.1 Å². The van der Waals surface area contributed by atoms with Gasteiger partial charge in [0, 0.05) is 6.20 Å². The Labute approximate surface area is 110 Å². The van der Waals surface area contributed by atoms with Crippen molar-refractivity contribution in [3.8, 4) is 6.07 Å². The fraction of sp³-hybridized carbons (Fsp3) is 0.500. The molecule has 0 N–H and O–H groups in total. The zero-order chi connectivity index (χ0) is 13.1. The van der Waals surface area contributed by atoms with Gasteiger partial charge in [-0.15, -0.1) is 0 Å². The number of rotatable bonds is 8. The summed E-state index contributed by atoms with van der Waals surface area (Å²) in [7, 11) is 0. The van der Waals surface area contributed by atoms with Crippen molar-refractivity contribution >= 4 is 6.08 Å². The molecule has 0 aliphatic rings. The summed E-state index contributed by atoms with van der Waals surface area (Å²) in [5.41, 5.74) is 1.54. The molecular formula is C16H22N2. The Morgan fingerprint density at radius 1 is 1.17 bits per heavy atom. The van der Waals surface area contributed by atoms with Crippen LogP contribution in [0.1, 0.15) is 63.1 Å². The van der Waals surface area contributed by atoms with Crippen molar-refractivity contribution in [1.29, 1.82) is 5.26 Å². The molecule has 0 amide bonds. The average molecular weight is 242 g/mol. The number of aromatic nitrogens is 1. The second kappa shape index (κ2) is 9.41. The molecule has 0 aromatic carbocycles. The van der Waals surface area contributed by atoms with E-state index >= 15 is 0 Å². The lowest BCUT2D eigenvalue weighted by Gasteiger charge is -1.97. The average Bonchev–Trinajstić information content (AvgIpc) is 2.42. The first-order chi connectivity index (χ1) is 8.86. The lowest BCUT2D eigenvalue weighted by atomic mass is 10.1. The van der Waals surface area contributed by atoms with Crippen molar-refractivity contribution in [2.45, 2.75) is 51.9 Å². The summed E-state index contributed by atoms with van der Waals surface area (Å²) in [4.78, 5) is 4.03. The van der Waals surface area contributed by atoms with E-state index in [1.54, 1.807) is 12.3 Å². The van der Waals surface area contributed by atoms with E-state index in [0.29, 0.717) is 5.69 Å². The van der Waals surface area contributed by atoms with Gasteiger partial charge in [-0.25, -0.2) is 4.98 Å². The molecule has 96 valence electrons. The summed E-state index contributed by atoms with van der Waals surface area (Å²) in [6, 6.07) is 5.71. The molecule has 0 unspecified atom stereocenters. The molecule has 0 radical (unpaired) electrons. The maximum absolute atomic E-state index is 8.63. The Hall–Kier alpha value is -1.62. The highest BCUT2D eigenvalue weighted by atomic mass is 14.7. The third kappa shape index (κ3) is 6.20. The van der Waals surface area contributed by atoms with Gasteiger partial charge in [0.1, 0.15) is 11.8 Å². The second-order valence-electron chi connectivity index (χ2n) is 4.55. The fourth-order valence-electron chi connectivity index (χ4n) is 1.83. The number of hydrogen-bond donors (Lipinski definition) is 0. The minimum absolute atomic E-state index is 0.475. The Morgan fingerprint density at radius 2 is 1.94 bits per heavy atom. The summed E-state index contributed by atoms with van der Waals surface area (Å²) in [5.74, 6) is 0. The van der Waals surface area contributed by atoms with Crippen molar-refractivity contribution in [2.75, 3.05) is 0 Å². The standard InChI is InChI=1S/C16H22N2/c1-2-3-4-5-6-7-8-9-10-15-11-12-16(13-17)18-14-15/h9-12,14H,2-8H2,1H3. The number of allylic oxidation sites excluding steroid dienone is 1. The van der Waals surface area contributed by atoms with Gasteiger partial charge in [0.2, 0.25) is 0 Å². The highest BCUT2D eigenvalue weighted by molar-refractivity contribution is 5.48. The van der Waals surface area contributed by atoms with Crippen LogP contribution in [-0.2, 0) is 0 Å². The summed E-state index contributed by atoms with van der Waals surface area (Å²) in [6.45, 7) is 2.24. The van der Waals surface area contributed by atoms with E-state index in [0.717, 1.165) is 12.0 Å². The maximum Gasteiger partial charge on any atom is 0.140 e. The van der Waals surface area contributed by atoms with Gasteiger partial charge in [0.25, 0.3) is 0 Å². The minimum atomic E-state index is 0.475. The minimum Gasteiger partial charge on any atom is -0.245 e. The van der Waals surface area contributed by atoms with Gasteiger partial charge in [-0.05, 0) is 24.5 Å². The van der Waals surface area contributed by atoms with Gasteiger partial charge < -0.3 is 0 Å². The number of hydrogen-bond acceptors (Lipinski definition) is 2. The molecule has 0 aliphatic heterocycles. The first kappa shape index (κ1) is 14.4. The largest absolute Gasteiger partial charge is 0.245 e. The Kier molecular flexibility index (Phi) is 7.55. The summed E-state index contributed by atoms with van der Waals surface area (Å²) in [6.07, 6.45) is 15.2. The SMILES string of the molecule is CCCCCCCCC=Cc1ccc(C#N)nc1. The molecule has 0 aliphatic carbocycles. The molecular weight excluding hydrogens is 220 g/mol. The normalized spacial score (nSPS) is 10.7. The van der Waals surface area contributed by atoms with E-state index in [-0.39, 0.29) is 0 Å². The number of unbranched alkanes of at least 4 members (excludes halogenated alkanes) is 6. The third-order valence-corrected chi connectivity index (χ3v) is 2.94. The van der Waals surface area contributed by atoms with E-state index in [4.69, 9.17) is 5.26 Å². The molecule has 0 atom stereocenters. The highest BCUT2D eigenvalue weighted by Gasteiger charge is 1.91. The van der Waals surface area contributed by atoms with E-state index < -0.39 is 0 Å². The van der Waals surface area contributed by atoms with Gasteiger partial charge in [-0.1, -0.05) is 57.2 Å². The molecule has 1 aromatic rings. The van der Waals surface area contributed by atoms with E-state index in [9.17, 15) is 0 Å². The van der Waals surface area contributed by atoms with Crippen LogP contribution in [0.5, 0.6) is 0 Å². The summed E-state index contributed by atoms with van der Waals surface area (Å²) in [5, 5.41) is 8.63. The Morgan fingerprint density at radius 3 is 2.61 bits per heavy atom. The predicted molar refractivity (Wildman–Crippen MR) is 76.0 cm³/mol. The topological polar surface area (TPSA) is 36.7 Å². The molecule has 1 rings (SSSR count). The van der Waals surface area contributed by atoms with Gasteiger partial charge in [-0.2, -0.15) is 5.26 Å². The molecule has 2 heteroatoms. The van der Waals surface area contributed by atoms with Crippen LogP contribution < -0.4 is 0 Å². The van der Waals surface area contributed by atoms with Crippen LogP contribution in [0.4, 0.5) is 0 Å². The summed E-state index contributed by atoms with van der Waals surface area (Å²) < 4.78 is 0. The van der Waals surface area contributed by atoms with Gasteiger partial charge >= 0.3 is 0 Å². The maximum atomic E-state index is 8.63. The van der Waals surface area contributed by atoms with Crippen LogP contribution >= 0.6 is 0 Å². The quantitative estimate of drug-likeness (QED) is 0.618. The molecule has 2 nitrogen and oxygen atoms in total. The van der Waals surface area contributed by atoms with Crippen LogP contribution in [0.25, 0.3) is 6.08 Å². The van der Waals surface area contributed by atoms with Crippen LogP contribution in [0.2, 0.25) is 0 Å². The van der Waals surface area contributed by atoms with Gasteiger partial charge in [0.15, 0.2) is 0 Å². The fourth-order valence-corrected chi connectivity index (χ4v) is 1.83. The molecule has 18 heavy (non-hydrogen) atoms. The third-order valence-electron chi connectivity index (χ3n) is 2.94. The number of nitriles is 1. The molecule has 1 aromatic heterocycles. The first-order valence-corrected chi connectivity index (χ1v) is 6.89. The van der Waals surface area contributed by atoms with E-state index in [1.165, 1.54) is 38.5 Å². The van der Waals surface area contributed by atoms with Crippen LogP contribution in [0.3, 0.4) is 0 Å². The van der Waals surface area contributed by atoms with Gasteiger partial charge in [-0.3, -0.25) is 0 Å². The molecule has 0 saturated carbocycles. The smallest absolute Gasteiger partial charge is 0.140 e. The second-order valence-corrected chi connectivity index (χ2v) is 4.55. The van der Waals surface area contributed by atoms with Crippen LogP contribution in [0.15, 0.2) is 24.4 Å². The van der Waals surface area contributed by atoms with Crippen molar-refractivity contribution in [3.05, 3.63) is 35.7 Å². The first-order valence-electron chi connectivity index (χ1n) is 6.89. The molecule has 0 saturated heterocycles. The van der Waals surface area contributed by atoms with E-state index in [2.05, 4.69) is 24.1 Å². The predicted octanol–water partition coefficient (Wildman–Crippen LogP) is 4.72.